The minimum absolute atomic E-state index is 0. The van der Waals surface area contributed by atoms with Gasteiger partial charge in [0.1, 0.15) is 30.2 Å². The van der Waals surface area contributed by atoms with Crippen molar-refractivity contribution >= 4 is 58.8 Å². The van der Waals surface area contributed by atoms with Crippen LogP contribution in [0.15, 0.2) is 30.3 Å². The van der Waals surface area contributed by atoms with Crippen LogP contribution in [0, 0.1) is 23.7 Å². The number of aliphatic hydroxyl groups is 1. The van der Waals surface area contributed by atoms with Crippen molar-refractivity contribution in [1.82, 2.24) is 39.6 Å². The average Bonchev–Trinajstić information content (AvgIpc) is 3.38. The summed E-state index contributed by atoms with van der Waals surface area (Å²) in [5.74, 6) is -8.96. The van der Waals surface area contributed by atoms with Crippen molar-refractivity contribution < 1.29 is 57.8 Å². The van der Waals surface area contributed by atoms with Gasteiger partial charge in [0.2, 0.25) is 47.3 Å². The van der Waals surface area contributed by atoms with Gasteiger partial charge in [-0.1, -0.05) is 65.5 Å². The van der Waals surface area contributed by atoms with E-state index in [1.165, 1.54) is 87.6 Å². The van der Waals surface area contributed by atoms with Crippen molar-refractivity contribution in [2.75, 3.05) is 68.5 Å². The van der Waals surface area contributed by atoms with Crippen LogP contribution < -0.4 is 5.32 Å². The zero-order chi connectivity index (χ0) is 58.4. The Balaban J connectivity index is 0.0000208. The molecule has 8 amide bonds. The molecule has 3 rings (SSSR count). The van der Waals surface area contributed by atoms with Crippen LogP contribution in [0.2, 0.25) is 0 Å². The highest BCUT2D eigenvalue weighted by molar-refractivity contribution is 5.99. The standard InChI is InChI=1S/C57H92N8O12.CH4/c1-35(2)27-44-48(68)32-42(39(7)66)55(75)59(11)33-50(70)62(14)45(28-36(3)4)51(71)58-43(34-77-57(8,9)10)47(67)30-41(54(74)65-25-21-18-22-26-65)31-49(69)60(12)37(5)52(72)61(13)38(6)53(73)64(16)46(56(76)63(44)15)29-40-23-19-17-20-24-40;/h17,19-20,23-24,35-39,41-46,66H,18,21-22,25-34H2,1-16H3,(H,58,71);1H4/t37-,38-,39+,41-,42-,43-,44-,45-,46-;/m0./s1. The molecule has 2 heterocycles. The molecule has 1 aromatic rings. The number of ketones is 2. The van der Waals surface area contributed by atoms with E-state index in [-0.39, 0.29) is 45.1 Å². The number of piperidine rings is 1. The Bertz CT molecular complexity index is 2230. The molecule has 440 valence electrons. The van der Waals surface area contributed by atoms with Gasteiger partial charge in [-0.15, -0.1) is 0 Å². The summed E-state index contributed by atoms with van der Waals surface area (Å²) in [4.78, 5) is 154. The van der Waals surface area contributed by atoms with Crippen LogP contribution in [0.3, 0.4) is 0 Å². The number of likely N-dealkylation sites (tertiary alicyclic amines) is 1. The van der Waals surface area contributed by atoms with Crippen molar-refractivity contribution in [1.29, 1.82) is 0 Å². The van der Waals surface area contributed by atoms with Crippen molar-refractivity contribution in [2.45, 2.75) is 182 Å². The van der Waals surface area contributed by atoms with Crippen molar-refractivity contribution in [2.24, 2.45) is 23.7 Å². The predicted octanol–water partition coefficient (Wildman–Crippen LogP) is 3.84. The number of ether oxygens (including phenoxy) is 1. The summed E-state index contributed by atoms with van der Waals surface area (Å²) in [6.45, 7) is 17.1. The van der Waals surface area contributed by atoms with Gasteiger partial charge in [-0.3, -0.25) is 47.9 Å². The van der Waals surface area contributed by atoms with Crippen LogP contribution in [-0.2, 0) is 59.1 Å². The second-order valence-electron chi connectivity index (χ2n) is 23.4. The Morgan fingerprint density at radius 2 is 1.17 bits per heavy atom. The zero-order valence-electron chi connectivity index (χ0n) is 49.0. The van der Waals surface area contributed by atoms with Gasteiger partial charge < -0.3 is 49.5 Å². The number of aliphatic hydroxyl groups excluding tert-OH is 1. The molecule has 2 aliphatic rings. The number of nitrogens with one attached hydrogen (secondary N) is 1. The first-order chi connectivity index (χ1) is 35.8. The predicted molar refractivity (Wildman–Crippen MR) is 298 cm³/mol. The molecule has 0 aromatic heterocycles. The van der Waals surface area contributed by atoms with E-state index >= 15 is 0 Å². The first-order valence-electron chi connectivity index (χ1n) is 27.4. The normalized spacial score (nSPS) is 26.1. The van der Waals surface area contributed by atoms with Gasteiger partial charge in [0.25, 0.3) is 0 Å². The molecule has 20 nitrogen and oxygen atoms in total. The SMILES string of the molecule is C.CC(C)C[C@H]1C(=O)N[C@@H](COC(C)(C)C)C(=O)C[C@H](C(=O)N2CCCCC2)CC(=O)N(C)[C@@H](C)C(=O)N(C)[C@@H](C)C(=O)N(C)[C@@H](Cc2ccccc2)C(=O)N(C)[C@@H](CC(C)C)C(=O)C[C@@H]([C@@H](C)O)C(=O)N(C)CC(=O)N1C. The number of likely N-dealkylation sites (N-methyl/N-ethyl adjacent to an activating group) is 6. The Labute approximate surface area is 465 Å². The zero-order valence-corrected chi connectivity index (χ0v) is 49.0. The van der Waals surface area contributed by atoms with Crippen molar-refractivity contribution in [3.8, 4) is 0 Å². The fraction of sp³-hybridized carbons (Fsp3) is 0.724. The highest BCUT2D eigenvalue weighted by Gasteiger charge is 2.42. The van der Waals surface area contributed by atoms with E-state index in [4.69, 9.17) is 4.74 Å². The van der Waals surface area contributed by atoms with Gasteiger partial charge >= 0.3 is 0 Å². The summed E-state index contributed by atoms with van der Waals surface area (Å²) >= 11 is 0. The van der Waals surface area contributed by atoms with E-state index in [1.807, 2.05) is 33.8 Å². The van der Waals surface area contributed by atoms with E-state index < -0.39 is 144 Å². The first kappa shape index (κ1) is 68.3. The summed E-state index contributed by atoms with van der Waals surface area (Å²) in [6.07, 6.45) is -0.143. The van der Waals surface area contributed by atoms with E-state index in [0.717, 1.165) is 24.2 Å². The molecular weight excluding hydrogens is 1000 g/mol. The lowest BCUT2D eigenvalue weighted by molar-refractivity contribution is -0.153. The third-order valence-electron chi connectivity index (χ3n) is 15.1. The van der Waals surface area contributed by atoms with Crippen LogP contribution in [0.4, 0.5) is 0 Å². The number of benzene rings is 1. The summed E-state index contributed by atoms with van der Waals surface area (Å²) in [5.41, 5.74) is -0.0772. The van der Waals surface area contributed by atoms with Crippen molar-refractivity contribution in [3.63, 3.8) is 0 Å². The molecule has 0 bridgehead atoms. The fourth-order valence-electron chi connectivity index (χ4n) is 9.78. The number of Topliss-reactive ketones (excluding diaryl/α,β-unsaturated/α-hetero) is 2. The number of nitrogens with zero attached hydrogens (tertiary/aromatic N) is 7. The summed E-state index contributed by atoms with van der Waals surface area (Å²) in [5, 5.41) is 13.9. The maximum Gasteiger partial charge on any atom is 0.246 e. The van der Waals surface area contributed by atoms with Crippen LogP contribution in [0.5, 0.6) is 0 Å². The third-order valence-corrected chi connectivity index (χ3v) is 15.1. The summed E-state index contributed by atoms with van der Waals surface area (Å²) < 4.78 is 6.06. The Kier molecular flexibility index (Phi) is 26.8. The quantitative estimate of drug-likeness (QED) is 0.340. The number of hydrogen-bond acceptors (Lipinski definition) is 12. The van der Waals surface area contributed by atoms with Crippen molar-refractivity contribution in [3.05, 3.63) is 35.9 Å². The van der Waals surface area contributed by atoms with Gasteiger partial charge in [0.05, 0.1) is 42.7 Å². The van der Waals surface area contributed by atoms with Crippen LogP contribution in [0.25, 0.3) is 0 Å². The molecule has 2 fully saturated rings. The average molecular weight is 1100 g/mol. The molecule has 0 spiro atoms. The number of carbonyl (C=O) groups is 10. The number of hydrogen-bond donors (Lipinski definition) is 2. The first-order valence-corrected chi connectivity index (χ1v) is 27.4. The molecule has 78 heavy (non-hydrogen) atoms. The molecule has 9 atom stereocenters. The maximum absolute atomic E-state index is 14.9. The highest BCUT2D eigenvalue weighted by Crippen LogP contribution is 2.25. The number of carbonyl (C=O) groups excluding carboxylic acids is 10. The largest absolute Gasteiger partial charge is 0.393 e. The lowest BCUT2D eigenvalue weighted by Crippen LogP contribution is -2.58. The Hall–Kier alpha value is -5.76. The second-order valence-corrected chi connectivity index (χ2v) is 23.4. The van der Waals surface area contributed by atoms with Crippen LogP contribution in [-0.4, -0.2) is 215 Å². The lowest BCUT2D eigenvalue weighted by Gasteiger charge is -2.38. The second kappa shape index (κ2) is 30.6. The molecule has 1 aromatic carbocycles. The van der Waals surface area contributed by atoms with E-state index in [1.54, 1.807) is 49.9 Å². The smallest absolute Gasteiger partial charge is 0.246 e. The maximum atomic E-state index is 14.9. The summed E-state index contributed by atoms with van der Waals surface area (Å²) in [6, 6.07) is 1.82. The number of rotatable bonds is 10. The van der Waals surface area contributed by atoms with Crippen LogP contribution >= 0.6 is 0 Å². The highest BCUT2D eigenvalue weighted by atomic mass is 16.5. The Morgan fingerprint density at radius 1 is 0.641 bits per heavy atom. The van der Waals surface area contributed by atoms with Gasteiger partial charge in [0, 0.05) is 81.1 Å². The molecule has 0 radical (unpaired) electrons. The van der Waals surface area contributed by atoms with E-state index in [0.29, 0.717) is 18.7 Å². The monoisotopic (exact) mass is 1100 g/mol. The third kappa shape index (κ3) is 19.3. The Morgan fingerprint density at radius 3 is 1.71 bits per heavy atom. The molecule has 0 unspecified atom stereocenters. The minimum atomic E-state index is -1.38. The topological polar surface area (TPSA) is 235 Å². The molecular formula is C58H96N8O12. The van der Waals surface area contributed by atoms with Crippen LogP contribution in [0.1, 0.15) is 134 Å². The molecule has 2 N–H and O–H groups in total. The molecule has 20 heteroatoms. The fourth-order valence-corrected chi connectivity index (χ4v) is 9.78. The molecule has 0 aliphatic carbocycles. The molecule has 0 saturated carbocycles. The molecule has 2 saturated heterocycles. The van der Waals surface area contributed by atoms with E-state index in [9.17, 15) is 53.1 Å². The van der Waals surface area contributed by atoms with Gasteiger partial charge in [-0.2, -0.15) is 0 Å². The number of amides is 8. The van der Waals surface area contributed by atoms with Gasteiger partial charge in [-0.25, -0.2) is 0 Å². The summed E-state index contributed by atoms with van der Waals surface area (Å²) in [7, 11) is 8.48. The lowest BCUT2D eigenvalue weighted by atomic mass is 9.89. The minimum Gasteiger partial charge on any atom is -0.393 e. The van der Waals surface area contributed by atoms with E-state index in [2.05, 4.69) is 5.32 Å². The van der Waals surface area contributed by atoms with Gasteiger partial charge in [0.15, 0.2) is 11.6 Å². The van der Waals surface area contributed by atoms with Gasteiger partial charge in [-0.05, 0) is 91.0 Å². The molecule has 2 aliphatic heterocycles.